The third-order valence-corrected chi connectivity index (χ3v) is 2.76. The summed E-state index contributed by atoms with van der Waals surface area (Å²) in [5.74, 6) is -0.440. The van der Waals surface area contributed by atoms with Gasteiger partial charge in [-0.1, -0.05) is 11.6 Å². The van der Waals surface area contributed by atoms with Crippen LogP contribution in [0.5, 0.6) is 0 Å². The van der Waals surface area contributed by atoms with Crippen molar-refractivity contribution < 1.29 is 13.9 Å². The number of nitrogens with one attached hydrogen (secondary N) is 2. The average Bonchev–Trinajstić information content (AvgIpc) is 2.75. The number of amides is 2. The van der Waals surface area contributed by atoms with Crippen molar-refractivity contribution in [3.05, 3.63) is 29.0 Å². The summed E-state index contributed by atoms with van der Waals surface area (Å²) in [4.78, 5) is 11.6. The molecule has 2 N–H and O–H groups in total. The van der Waals surface area contributed by atoms with Gasteiger partial charge in [0.1, 0.15) is 5.82 Å². The summed E-state index contributed by atoms with van der Waals surface area (Å²) in [6.07, 6.45) is 0.796. The predicted molar refractivity (Wildman–Crippen MR) is 62.8 cm³/mol. The fourth-order valence-electron chi connectivity index (χ4n) is 1.58. The first-order chi connectivity index (χ1) is 8.15. The molecule has 1 unspecified atom stereocenters. The van der Waals surface area contributed by atoms with Gasteiger partial charge in [-0.2, -0.15) is 0 Å². The van der Waals surface area contributed by atoms with Crippen molar-refractivity contribution in [2.45, 2.75) is 12.5 Å². The Morgan fingerprint density at radius 3 is 3.00 bits per heavy atom. The second-order valence-corrected chi connectivity index (χ2v) is 4.19. The Bertz CT molecular complexity index is 422. The van der Waals surface area contributed by atoms with Gasteiger partial charge in [0.25, 0.3) is 0 Å². The van der Waals surface area contributed by atoms with Crippen LogP contribution in [0.3, 0.4) is 0 Å². The number of urea groups is 1. The van der Waals surface area contributed by atoms with E-state index in [9.17, 15) is 9.18 Å². The number of carbonyl (C=O) groups excluding carboxylic acids is 1. The SMILES string of the molecule is O=C(Nc1ccc(F)cc1Cl)NC1CCOC1. The summed E-state index contributed by atoms with van der Waals surface area (Å²) in [6.45, 7) is 1.17. The van der Waals surface area contributed by atoms with Gasteiger partial charge in [-0.3, -0.25) is 0 Å². The highest BCUT2D eigenvalue weighted by atomic mass is 35.5. The molecule has 0 aromatic heterocycles. The molecule has 0 saturated carbocycles. The number of benzene rings is 1. The van der Waals surface area contributed by atoms with Crippen LogP contribution < -0.4 is 10.6 Å². The van der Waals surface area contributed by atoms with Gasteiger partial charge in [0.2, 0.25) is 0 Å². The molecule has 1 aliphatic rings. The molecule has 4 nitrogen and oxygen atoms in total. The summed E-state index contributed by atoms with van der Waals surface area (Å²) < 4.78 is 17.9. The second kappa shape index (κ2) is 5.33. The van der Waals surface area contributed by atoms with Crippen LogP contribution in [0.15, 0.2) is 18.2 Å². The van der Waals surface area contributed by atoms with Crippen molar-refractivity contribution in [2.24, 2.45) is 0 Å². The van der Waals surface area contributed by atoms with Crippen LogP contribution in [-0.2, 0) is 4.74 Å². The van der Waals surface area contributed by atoms with Crippen molar-refractivity contribution in [1.82, 2.24) is 5.32 Å². The van der Waals surface area contributed by atoms with Gasteiger partial charge in [-0.25, -0.2) is 9.18 Å². The fourth-order valence-corrected chi connectivity index (χ4v) is 1.80. The van der Waals surface area contributed by atoms with Crippen LogP contribution >= 0.6 is 11.6 Å². The minimum atomic E-state index is -0.440. The zero-order chi connectivity index (χ0) is 12.3. The zero-order valence-electron chi connectivity index (χ0n) is 9.00. The standard InChI is InChI=1S/C11H12ClFN2O2/c12-9-5-7(13)1-2-10(9)15-11(16)14-8-3-4-17-6-8/h1-2,5,8H,3-4,6H2,(H2,14,15,16). The van der Waals surface area contributed by atoms with Gasteiger partial charge >= 0.3 is 6.03 Å². The van der Waals surface area contributed by atoms with E-state index in [0.717, 1.165) is 12.5 Å². The smallest absolute Gasteiger partial charge is 0.319 e. The Morgan fingerprint density at radius 2 is 2.35 bits per heavy atom. The maximum atomic E-state index is 12.8. The van der Waals surface area contributed by atoms with E-state index in [1.165, 1.54) is 12.1 Å². The van der Waals surface area contributed by atoms with Crippen LogP contribution in [0.25, 0.3) is 0 Å². The molecule has 92 valence electrons. The molecular formula is C11H12ClFN2O2. The van der Waals surface area contributed by atoms with Gasteiger partial charge in [0.15, 0.2) is 0 Å². The lowest BCUT2D eigenvalue weighted by atomic mass is 10.3. The summed E-state index contributed by atoms with van der Waals surface area (Å²) >= 11 is 5.78. The number of anilines is 1. The lowest BCUT2D eigenvalue weighted by Crippen LogP contribution is -2.38. The van der Waals surface area contributed by atoms with E-state index >= 15 is 0 Å². The Hall–Kier alpha value is -1.33. The number of hydrogen-bond donors (Lipinski definition) is 2. The fraction of sp³-hybridized carbons (Fsp3) is 0.364. The summed E-state index contributed by atoms with van der Waals surface area (Å²) in [7, 11) is 0. The Balaban J connectivity index is 1.93. The molecule has 2 rings (SSSR count). The molecule has 2 amide bonds. The summed E-state index contributed by atoms with van der Waals surface area (Å²) in [5.41, 5.74) is 0.379. The molecule has 1 aromatic carbocycles. The van der Waals surface area contributed by atoms with Gasteiger partial charge < -0.3 is 15.4 Å². The van der Waals surface area contributed by atoms with Gasteiger partial charge in [-0.05, 0) is 24.6 Å². The van der Waals surface area contributed by atoms with Crippen LogP contribution in [-0.4, -0.2) is 25.3 Å². The van der Waals surface area contributed by atoms with E-state index in [1.807, 2.05) is 0 Å². The van der Waals surface area contributed by atoms with Crippen molar-refractivity contribution in [2.75, 3.05) is 18.5 Å². The van der Waals surface area contributed by atoms with E-state index in [-0.39, 0.29) is 17.1 Å². The Morgan fingerprint density at radius 1 is 1.53 bits per heavy atom. The molecular weight excluding hydrogens is 247 g/mol. The molecule has 1 atom stereocenters. The zero-order valence-corrected chi connectivity index (χ0v) is 9.76. The number of ether oxygens (including phenoxy) is 1. The molecule has 6 heteroatoms. The van der Waals surface area contributed by atoms with Crippen molar-refractivity contribution in [3.63, 3.8) is 0 Å². The minimum Gasteiger partial charge on any atom is -0.379 e. The van der Waals surface area contributed by atoms with E-state index in [0.29, 0.717) is 18.9 Å². The summed E-state index contributed by atoms with van der Waals surface area (Å²) in [6, 6.07) is 3.46. The van der Waals surface area contributed by atoms with Gasteiger partial charge in [0, 0.05) is 6.61 Å². The lowest BCUT2D eigenvalue weighted by Gasteiger charge is -2.12. The molecule has 0 radical (unpaired) electrons. The quantitative estimate of drug-likeness (QED) is 0.856. The first-order valence-electron chi connectivity index (χ1n) is 5.25. The maximum Gasteiger partial charge on any atom is 0.319 e. The maximum absolute atomic E-state index is 12.8. The van der Waals surface area contributed by atoms with Crippen LogP contribution in [0.4, 0.5) is 14.9 Å². The first kappa shape index (κ1) is 12.1. The predicted octanol–water partition coefficient (Wildman–Crippen LogP) is 2.39. The Labute approximate surface area is 103 Å². The van der Waals surface area contributed by atoms with Crippen LogP contribution in [0.1, 0.15) is 6.42 Å². The molecule has 17 heavy (non-hydrogen) atoms. The van der Waals surface area contributed by atoms with Crippen molar-refractivity contribution in [1.29, 1.82) is 0 Å². The summed E-state index contributed by atoms with van der Waals surface area (Å²) in [5, 5.41) is 5.47. The molecule has 1 aliphatic heterocycles. The minimum absolute atomic E-state index is 0.0224. The molecule has 1 aromatic rings. The van der Waals surface area contributed by atoms with E-state index in [2.05, 4.69) is 10.6 Å². The third-order valence-electron chi connectivity index (χ3n) is 2.44. The van der Waals surface area contributed by atoms with Crippen LogP contribution in [0, 0.1) is 5.82 Å². The molecule has 0 bridgehead atoms. The topological polar surface area (TPSA) is 50.4 Å². The molecule has 1 heterocycles. The van der Waals surface area contributed by atoms with Crippen molar-refractivity contribution in [3.8, 4) is 0 Å². The van der Waals surface area contributed by atoms with E-state index < -0.39 is 5.82 Å². The largest absolute Gasteiger partial charge is 0.379 e. The average molecular weight is 259 g/mol. The van der Waals surface area contributed by atoms with Crippen LogP contribution in [0.2, 0.25) is 5.02 Å². The number of carbonyl (C=O) groups is 1. The van der Waals surface area contributed by atoms with E-state index in [1.54, 1.807) is 0 Å². The van der Waals surface area contributed by atoms with Gasteiger partial charge in [-0.15, -0.1) is 0 Å². The normalized spacial score (nSPS) is 19.1. The highest BCUT2D eigenvalue weighted by molar-refractivity contribution is 6.33. The molecule has 0 aliphatic carbocycles. The monoisotopic (exact) mass is 258 g/mol. The highest BCUT2D eigenvalue weighted by Gasteiger charge is 2.18. The highest BCUT2D eigenvalue weighted by Crippen LogP contribution is 2.22. The third kappa shape index (κ3) is 3.31. The number of rotatable bonds is 2. The molecule has 1 fully saturated rings. The number of hydrogen-bond acceptors (Lipinski definition) is 2. The number of halogens is 2. The van der Waals surface area contributed by atoms with E-state index in [4.69, 9.17) is 16.3 Å². The second-order valence-electron chi connectivity index (χ2n) is 3.78. The van der Waals surface area contributed by atoms with Gasteiger partial charge in [0.05, 0.1) is 23.4 Å². The molecule has 0 spiro atoms. The Kier molecular flexibility index (Phi) is 3.81. The molecule has 1 saturated heterocycles. The first-order valence-corrected chi connectivity index (χ1v) is 5.63. The lowest BCUT2D eigenvalue weighted by molar-refractivity contribution is 0.189. The van der Waals surface area contributed by atoms with Crippen molar-refractivity contribution >= 4 is 23.3 Å².